The van der Waals surface area contributed by atoms with E-state index >= 15 is 0 Å². The number of hydrogen-bond donors (Lipinski definition) is 2. The largest absolute Gasteiger partial charge is 0.475 e. The Labute approximate surface area is 142 Å². The third-order valence-corrected chi connectivity index (χ3v) is 3.93. The molecular weight excluding hydrogens is 331 g/mol. The van der Waals surface area contributed by atoms with Gasteiger partial charge in [0.1, 0.15) is 11.9 Å². The molecule has 2 aromatic rings. The fourth-order valence-corrected chi connectivity index (χ4v) is 2.72. The fraction of sp³-hybridized carbons (Fsp3) is 0.235. The minimum atomic E-state index is -1.29. The molecule has 7 nitrogen and oxygen atoms in total. The molecule has 1 aromatic carbocycles. The summed E-state index contributed by atoms with van der Waals surface area (Å²) < 4.78 is 18.8. The number of carbonyl (C=O) groups excluding carboxylic acids is 2. The predicted molar refractivity (Wildman–Crippen MR) is 84.9 cm³/mol. The molecule has 3 rings (SSSR count). The van der Waals surface area contributed by atoms with Gasteiger partial charge < -0.3 is 19.7 Å². The van der Waals surface area contributed by atoms with E-state index in [1.54, 1.807) is 6.07 Å². The van der Waals surface area contributed by atoms with Crippen LogP contribution in [0, 0.1) is 5.82 Å². The average Bonchev–Trinajstić information content (AvgIpc) is 3.08. The molecule has 1 saturated heterocycles. The Morgan fingerprint density at radius 1 is 1.20 bits per heavy atom. The number of piperidine rings is 1. The maximum atomic E-state index is 13.9. The Morgan fingerprint density at radius 3 is 2.60 bits per heavy atom. The lowest BCUT2D eigenvalue weighted by atomic mass is 10.0. The van der Waals surface area contributed by atoms with Crippen LogP contribution in [0.4, 0.5) is 10.1 Å². The quantitative estimate of drug-likeness (QED) is 0.882. The molecule has 0 unspecified atom stereocenters. The molecule has 0 radical (unpaired) electrons. The molecule has 25 heavy (non-hydrogen) atoms. The zero-order chi connectivity index (χ0) is 18.0. The number of amides is 2. The molecule has 1 aromatic heterocycles. The van der Waals surface area contributed by atoms with E-state index < -0.39 is 29.6 Å². The van der Waals surface area contributed by atoms with Crippen LogP contribution in [-0.2, 0) is 4.79 Å². The van der Waals surface area contributed by atoms with Crippen LogP contribution in [-0.4, -0.2) is 35.5 Å². The molecule has 0 saturated carbocycles. The second-order valence-corrected chi connectivity index (χ2v) is 5.58. The van der Waals surface area contributed by atoms with Crippen molar-refractivity contribution in [3.8, 4) is 0 Å². The van der Waals surface area contributed by atoms with Crippen molar-refractivity contribution in [2.24, 2.45) is 0 Å². The first-order valence-corrected chi connectivity index (χ1v) is 7.67. The maximum absolute atomic E-state index is 13.9. The van der Waals surface area contributed by atoms with Gasteiger partial charge in [0.05, 0.1) is 5.69 Å². The summed E-state index contributed by atoms with van der Waals surface area (Å²) in [6.07, 6.45) is 0.992. The topological polar surface area (TPSA) is 99.8 Å². The standard InChI is InChI=1S/C17H15FN2O5/c18-10-4-1-2-6-12(10)20-9-3-5-11(16(20)22)19-15(21)13-7-8-14(25-13)17(23)24/h1-2,4,6-8,11H,3,5,9H2,(H,19,21)(H,23,24)/t11-/m0/s1. The lowest BCUT2D eigenvalue weighted by molar-refractivity contribution is -0.121. The number of rotatable bonds is 4. The number of carboxylic acid groups (broad SMARTS) is 1. The summed E-state index contributed by atoms with van der Waals surface area (Å²) in [5.41, 5.74) is 0.164. The average molecular weight is 346 g/mol. The lowest BCUT2D eigenvalue weighted by Gasteiger charge is -2.32. The van der Waals surface area contributed by atoms with E-state index in [0.29, 0.717) is 19.4 Å². The number of para-hydroxylation sites is 1. The number of carboxylic acids is 1. The molecule has 0 bridgehead atoms. The number of halogens is 1. The monoisotopic (exact) mass is 346 g/mol. The molecule has 2 N–H and O–H groups in total. The van der Waals surface area contributed by atoms with Gasteiger partial charge in [0, 0.05) is 6.54 Å². The van der Waals surface area contributed by atoms with E-state index in [-0.39, 0.29) is 17.2 Å². The Morgan fingerprint density at radius 2 is 1.92 bits per heavy atom. The fourth-order valence-electron chi connectivity index (χ4n) is 2.72. The van der Waals surface area contributed by atoms with Gasteiger partial charge in [-0.2, -0.15) is 0 Å². The van der Waals surface area contributed by atoms with Crippen molar-refractivity contribution < 1.29 is 28.3 Å². The predicted octanol–water partition coefficient (Wildman–Crippen LogP) is 2.04. The number of furan rings is 1. The van der Waals surface area contributed by atoms with Crippen molar-refractivity contribution >= 4 is 23.5 Å². The van der Waals surface area contributed by atoms with Crippen LogP contribution in [0.3, 0.4) is 0 Å². The summed E-state index contributed by atoms with van der Waals surface area (Å²) in [6, 6.07) is 7.48. The molecule has 1 fully saturated rings. The SMILES string of the molecule is O=C(O)c1ccc(C(=O)N[C@H]2CCCN(c3ccccc3F)C2=O)o1. The first-order chi connectivity index (χ1) is 12.0. The van der Waals surface area contributed by atoms with E-state index in [2.05, 4.69) is 5.32 Å². The van der Waals surface area contributed by atoms with Crippen molar-refractivity contribution in [3.05, 3.63) is 53.7 Å². The van der Waals surface area contributed by atoms with Crippen LogP contribution in [0.2, 0.25) is 0 Å². The zero-order valence-electron chi connectivity index (χ0n) is 13.1. The summed E-state index contributed by atoms with van der Waals surface area (Å²) in [4.78, 5) is 36.8. The van der Waals surface area contributed by atoms with Crippen molar-refractivity contribution in [1.29, 1.82) is 0 Å². The van der Waals surface area contributed by atoms with Crippen LogP contribution < -0.4 is 10.2 Å². The molecular formula is C17H15FN2O5. The Bertz CT molecular complexity index is 832. The summed E-state index contributed by atoms with van der Waals surface area (Å²) >= 11 is 0. The summed E-state index contributed by atoms with van der Waals surface area (Å²) in [7, 11) is 0. The van der Waals surface area contributed by atoms with E-state index in [1.165, 1.54) is 29.2 Å². The van der Waals surface area contributed by atoms with E-state index in [1.807, 2.05) is 0 Å². The van der Waals surface area contributed by atoms with E-state index in [4.69, 9.17) is 9.52 Å². The van der Waals surface area contributed by atoms with Gasteiger partial charge in [-0.25, -0.2) is 9.18 Å². The van der Waals surface area contributed by atoms with Crippen molar-refractivity contribution in [3.63, 3.8) is 0 Å². The van der Waals surface area contributed by atoms with Gasteiger partial charge in [-0.05, 0) is 37.1 Å². The van der Waals surface area contributed by atoms with Crippen molar-refractivity contribution in [2.75, 3.05) is 11.4 Å². The van der Waals surface area contributed by atoms with E-state index in [0.717, 1.165) is 6.07 Å². The van der Waals surface area contributed by atoms with Gasteiger partial charge in [0.2, 0.25) is 11.7 Å². The van der Waals surface area contributed by atoms with Crippen LogP contribution in [0.1, 0.15) is 34.0 Å². The van der Waals surface area contributed by atoms with Crippen molar-refractivity contribution in [2.45, 2.75) is 18.9 Å². The number of nitrogens with one attached hydrogen (secondary N) is 1. The molecule has 1 aliphatic heterocycles. The van der Waals surface area contributed by atoms with Crippen LogP contribution in [0.5, 0.6) is 0 Å². The summed E-state index contributed by atoms with van der Waals surface area (Å²) in [5.74, 6) is -3.49. The molecule has 1 aliphatic rings. The van der Waals surface area contributed by atoms with E-state index in [9.17, 15) is 18.8 Å². The molecule has 2 heterocycles. The highest BCUT2D eigenvalue weighted by atomic mass is 19.1. The smallest absolute Gasteiger partial charge is 0.371 e. The van der Waals surface area contributed by atoms with Gasteiger partial charge in [-0.1, -0.05) is 12.1 Å². The second-order valence-electron chi connectivity index (χ2n) is 5.58. The minimum absolute atomic E-state index is 0.164. The zero-order valence-corrected chi connectivity index (χ0v) is 13.1. The Hall–Kier alpha value is -3.16. The molecule has 2 amide bonds. The highest BCUT2D eigenvalue weighted by Gasteiger charge is 2.32. The molecule has 8 heteroatoms. The van der Waals surface area contributed by atoms with Gasteiger partial charge in [-0.3, -0.25) is 9.59 Å². The Kier molecular flexibility index (Phi) is 4.51. The molecule has 130 valence electrons. The number of nitrogens with zero attached hydrogens (tertiary/aromatic N) is 1. The number of anilines is 1. The minimum Gasteiger partial charge on any atom is -0.475 e. The highest BCUT2D eigenvalue weighted by Crippen LogP contribution is 2.24. The third kappa shape index (κ3) is 3.37. The van der Waals surface area contributed by atoms with Gasteiger partial charge in [0.15, 0.2) is 5.76 Å². The normalized spacial score (nSPS) is 17.4. The number of hydrogen-bond acceptors (Lipinski definition) is 4. The first-order valence-electron chi connectivity index (χ1n) is 7.67. The van der Waals surface area contributed by atoms with Crippen LogP contribution in [0.15, 0.2) is 40.8 Å². The molecule has 1 atom stereocenters. The highest BCUT2D eigenvalue weighted by molar-refractivity contribution is 6.02. The van der Waals surface area contributed by atoms with Crippen LogP contribution >= 0.6 is 0 Å². The van der Waals surface area contributed by atoms with Crippen LogP contribution in [0.25, 0.3) is 0 Å². The van der Waals surface area contributed by atoms with Gasteiger partial charge in [0.25, 0.3) is 5.91 Å². The molecule has 0 aliphatic carbocycles. The molecule has 0 spiro atoms. The summed E-state index contributed by atoms with van der Waals surface area (Å²) in [5, 5.41) is 11.3. The number of aromatic carboxylic acids is 1. The second kappa shape index (κ2) is 6.76. The first kappa shape index (κ1) is 16.7. The van der Waals surface area contributed by atoms with Gasteiger partial charge >= 0.3 is 5.97 Å². The third-order valence-electron chi connectivity index (χ3n) is 3.93. The number of benzene rings is 1. The maximum Gasteiger partial charge on any atom is 0.371 e. The van der Waals surface area contributed by atoms with Crippen molar-refractivity contribution in [1.82, 2.24) is 5.32 Å². The number of carbonyl (C=O) groups is 3. The Balaban J connectivity index is 1.74. The lowest BCUT2D eigenvalue weighted by Crippen LogP contribution is -2.52. The van der Waals surface area contributed by atoms with Gasteiger partial charge in [-0.15, -0.1) is 0 Å². The summed E-state index contributed by atoms with van der Waals surface area (Å²) in [6.45, 7) is 0.357.